The number of nitrogens with one attached hydrogen (secondary N) is 1. The Morgan fingerprint density at radius 2 is 1.74 bits per heavy atom. The summed E-state index contributed by atoms with van der Waals surface area (Å²) in [5.74, 6) is -1.09. The fourth-order valence-corrected chi connectivity index (χ4v) is 2.09. The maximum absolute atomic E-state index is 13.5. The van der Waals surface area contributed by atoms with Gasteiger partial charge in [-0.3, -0.25) is 0 Å². The number of hydrogen-bond acceptors (Lipinski definition) is 1. The minimum absolute atomic E-state index is 0.0723. The summed E-state index contributed by atoms with van der Waals surface area (Å²) in [5.41, 5.74) is 1.79. The van der Waals surface area contributed by atoms with Crippen LogP contribution in [0.5, 0.6) is 0 Å². The molecule has 4 heteroatoms. The lowest BCUT2D eigenvalue weighted by Crippen LogP contribution is -1.93. The molecule has 19 heavy (non-hydrogen) atoms. The number of rotatable bonds is 3. The van der Waals surface area contributed by atoms with Gasteiger partial charge < -0.3 is 4.98 Å². The van der Waals surface area contributed by atoms with Crippen LogP contribution in [-0.2, 0) is 12.8 Å². The number of aromatic amines is 1. The number of aromatic nitrogens is 2. The molecule has 0 saturated carbocycles. The van der Waals surface area contributed by atoms with Crippen molar-refractivity contribution in [1.29, 1.82) is 0 Å². The molecule has 0 saturated heterocycles. The molecule has 0 atom stereocenters. The minimum Gasteiger partial charge on any atom is -0.342 e. The van der Waals surface area contributed by atoms with Gasteiger partial charge in [-0.05, 0) is 24.1 Å². The van der Waals surface area contributed by atoms with E-state index in [1.807, 2.05) is 30.3 Å². The van der Waals surface area contributed by atoms with Crippen LogP contribution in [0, 0.1) is 11.6 Å². The van der Waals surface area contributed by atoms with Gasteiger partial charge in [0.2, 0.25) is 0 Å². The second-order valence-corrected chi connectivity index (χ2v) is 4.43. The predicted octanol–water partition coefficient (Wildman–Crippen LogP) is 3.63. The van der Waals surface area contributed by atoms with Gasteiger partial charge in [0, 0.05) is 6.42 Å². The van der Waals surface area contributed by atoms with Gasteiger partial charge in [0.05, 0.1) is 5.52 Å². The lowest BCUT2D eigenvalue weighted by molar-refractivity contribution is 0.515. The number of hydrogen-bond donors (Lipinski definition) is 1. The second-order valence-electron chi connectivity index (χ2n) is 4.43. The van der Waals surface area contributed by atoms with Crippen molar-refractivity contribution in [3.05, 3.63) is 65.5 Å². The van der Waals surface area contributed by atoms with Crippen molar-refractivity contribution in [2.75, 3.05) is 0 Å². The highest BCUT2D eigenvalue weighted by Gasteiger charge is 2.11. The highest BCUT2D eigenvalue weighted by Crippen LogP contribution is 2.18. The van der Waals surface area contributed by atoms with Crippen LogP contribution in [0.3, 0.4) is 0 Å². The van der Waals surface area contributed by atoms with E-state index in [1.54, 1.807) is 0 Å². The molecule has 2 nitrogen and oxygen atoms in total. The molecular weight excluding hydrogens is 246 g/mol. The van der Waals surface area contributed by atoms with Crippen LogP contribution in [0.4, 0.5) is 8.78 Å². The third-order valence-electron chi connectivity index (χ3n) is 3.09. The molecule has 0 fully saturated rings. The Kier molecular flexibility index (Phi) is 2.99. The Morgan fingerprint density at radius 1 is 0.947 bits per heavy atom. The molecule has 1 N–H and O–H groups in total. The summed E-state index contributed by atoms with van der Waals surface area (Å²) in [6, 6.07) is 12.6. The van der Waals surface area contributed by atoms with Crippen LogP contribution in [0.25, 0.3) is 11.0 Å². The van der Waals surface area contributed by atoms with Crippen molar-refractivity contribution < 1.29 is 8.78 Å². The number of halogens is 2. The SMILES string of the molecule is Fc1ccc2[nH]c(CCc3ccccc3)nc2c1F. The molecule has 3 rings (SSSR count). The first-order valence-electron chi connectivity index (χ1n) is 6.10. The fourth-order valence-electron chi connectivity index (χ4n) is 2.09. The maximum Gasteiger partial charge on any atom is 0.186 e. The molecule has 0 spiro atoms. The quantitative estimate of drug-likeness (QED) is 0.763. The molecule has 2 aromatic carbocycles. The topological polar surface area (TPSA) is 28.7 Å². The first kappa shape index (κ1) is 11.8. The predicted molar refractivity (Wildman–Crippen MR) is 69.9 cm³/mol. The van der Waals surface area contributed by atoms with E-state index in [0.717, 1.165) is 12.5 Å². The van der Waals surface area contributed by atoms with E-state index >= 15 is 0 Å². The van der Waals surface area contributed by atoms with Crippen LogP contribution in [-0.4, -0.2) is 9.97 Å². The molecule has 0 aliphatic carbocycles. The summed E-state index contributed by atoms with van der Waals surface area (Å²) in [7, 11) is 0. The average Bonchev–Trinajstić information content (AvgIpc) is 2.86. The molecule has 0 aliphatic heterocycles. The summed E-state index contributed by atoms with van der Waals surface area (Å²) in [4.78, 5) is 7.13. The van der Waals surface area contributed by atoms with Crippen LogP contribution in [0.2, 0.25) is 0 Å². The van der Waals surface area contributed by atoms with E-state index in [0.29, 0.717) is 17.8 Å². The van der Waals surface area contributed by atoms with Gasteiger partial charge >= 0.3 is 0 Å². The maximum atomic E-state index is 13.5. The van der Waals surface area contributed by atoms with Crippen molar-refractivity contribution in [2.45, 2.75) is 12.8 Å². The number of H-pyrrole nitrogens is 1. The van der Waals surface area contributed by atoms with Gasteiger partial charge in [0.15, 0.2) is 11.6 Å². The molecule has 96 valence electrons. The van der Waals surface area contributed by atoms with E-state index in [4.69, 9.17) is 0 Å². The normalized spacial score (nSPS) is 11.1. The first-order chi connectivity index (χ1) is 9.24. The Hall–Kier alpha value is -2.23. The molecule has 0 aliphatic rings. The van der Waals surface area contributed by atoms with E-state index < -0.39 is 11.6 Å². The highest BCUT2D eigenvalue weighted by molar-refractivity contribution is 5.75. The Balaban J connectivity index is 1.84. The number of fused-ring (bicyclic) bond motifs is 1. The number of imidazole rings is 1. The van der Waals surface area contributed by atoms with Crippen molar-refractivity contribution in [1.82, 2.24) is 9.97 Å². The Bertz CT molecular complexity index is 705. The molecule has 1 aromatic heterocycles. The Labute approximate surface area is 109 Å². The van der Waals surface area contributed by atoms with E-state index in [-0.39, 0.29) is 5.52 Å². The summed E-state index contributed by atoms with van der Waals surface area (Å²) in [6.07, 6.45) is 1.48. The summed E-state index contributed by atoms with van der Waals surface area (Å²) in [6.45, 7) is 0. The fraction of sp³-hybridized carbons (Fsp3) is 0.133. The van der Waals surface area contributed by atoms with Crippen molar-refractivity contribution in [2.24, 2.45) is 0 Å². The lowest BCUT2D eigenvalue weighted by atomic mass is 10.1. The second kappa shape index (κ2) is 4.80. The van der Waals surface area contributed by atoms with E-state index in [1.165, 1.54) is 11.6 Å². The van der Waals surface area contributed by atoms with Gasteiger partial charge in [-0.2, -0.15) is 0 Å². The zero-order valence-electron chi connectivity index (χ0n) is 10.2. The van der Waals surface area contributed by atoms with Crippen LogP contribution in [0.15, 0.2) is 42.5 Å². The number of benzene rings is 2. The lowest BCUT2D eigenvalue weighted by Gasteiger charge is -1.97. The molecule has 0 radical (unpaired) electrons. The Morgan fingerprint density at radius 3 is 2.53 bits per heavy atom. The monoisotopic (exact) mass is 258 g/mol. The van der Waals surface area contributed by atoms with Crippen molar-refractivity contribution in [3.8, 4) is 0 Å². The van der Waals surface area contributed by atoms with Gasteiger partial charge in [-0.15, -0.1) is 0 Å². The molecule has 0 unspecified atom stereocenters. The van der Waals surface area contributed by atoms with Gasteiger partial charge in [0.1, 0.15) is 11.3 Å². The largest absolute Gasteiger partial charge is 0.342 e. The van der Waals surface area contributed by atoms with E-state index in [9.17, 15) is 8.78 Å². The van der Waals surface area contributed by atoms with Crippen LogP contribution in [0.1, 0.15) is 11.4 Å². The molecule has 0 bridgehead atoms. The molecule has 3 aromatic rings. The summed E-state index contributed by atoms with van der Waals surface area (Å²) in [5, 5.41) is 0. The van der Waals surface area contributed by atoms with E-state index in [2.05, 4.69) is 9.97 Å². The number of aryl methyl sites for hydroxylation is 2. The van der Waals surface area contributed by atoms with Gasteiger partial charge in [0.25, 0.3) is 0 Å². The highest BCUT2D eigenvalue weighted by atomic mass is 19.2. The van der Waals surface area contributed by atoms with Gasteiger partial charge in [-0.1, -0.05) is 30.3 Å². The third kappa shape index (κ3) is 2.34. The van der Waals surface area contributed by atoms with Crippen LogP contribution >= 0.6 is 0 Å². The summed E-state index contributed by atoms with van der Waals surface area (Å²) < 4.78 is 26.6. The smallest absolute Gasteiger partial charge is 0.186 e. The standard InChI is InChI=1S/C15H12F2N2/c16-11-7-8-12-15(14(11)17)19-13(18-12)9-6-10-4-2-1-3-5-10/h1-5,7-8H,6,9H2,(H,18,19). The zero-order chi connectivity index (χ0) is 13.2. The minimum atomic E-state index is -0.889. The third-order valence-corrected chi connectivity index (χ3v) is 3.09. The summed E-state index contributed by atoms with van der Waals surface area (Å²) >= 11 is 0. The molecular formula is C15H12F2N2. The molecule has 1 heterocycles. The van der Waals surface area contributed by atoms with Crippen molar-refractivity contribution >= 4 is 11.0 Å². The van der Waals surface area contributed by atoms with Gasteiger partial charge in [-0.25, -0.2) is 13.8 Å². The first-order valence-corrected chi connectivity index (χ1v) is 6.10. The zero-order valence-corrected chi connectivity index (χ0v) is 10.2. The average molecular weight is 258 g/mol. The molecule has 0 amide bonds. The van der Waals surface area contributed by atoms with Crippen molar-refractivity contribution in [3.63, 3.8) is 0 Å². The van der Waals surface area contributed by atoms with Crippen LogP contribution < -0.4 is 0 Å². The number of nitrogens with zero attached hydrogens (tertiary/aromatic N) is 1.